The Morgan fingerprint density at radius 2 is 1.88 bits per heavy atom. The average Bonchev–Trinajstić information content (AvgIpc) is 2.33. The molecule has 1 aliphatic heterocycles. The van der Waals surface area contributed by atoms with Gasteiger partial charge in [-0.2, -0.15) is 12.2 Å². The third-order valence-corrected chi connectivity index (χ3v) is 2.63. The molecule has 1 heterocycles. The van der Waals surface area contributed by atoms with Gasteiger partial charge in [-0.3, -0.25) is 0 Å². The molecule has 0 spiro atoms. The first-order valence-corrected chi connectivity index (χ1v) is 5.09. The number of ether oxygens (including phenoxy) is 1. The van der Waals surface area contributed by atoms with Crippen molar-refractivity contribution in [2.45, 2.75) is 0 Å². The molecule has 3 heteroatoms. The summed E-state index contributed by atoms with van der Waals surface area (Å²) in [5.74, 6) is 0.859. The number of hydrogen-bond acceptors (Lipinski definition) is 2. The predicted molar refractivity (Wildman–Crippen MR) is 65.7 cm³/mol. The van der Waals surface area contributed by atoms with Crippen LogP contribution in [0.25, 0.3) is 5.70 Å². The molecule has 0 fully saturated rings. The van der Waals surface area contributed by atoms with Gasteiger partial charge in [0, 0.05) is 39.8 Å². The van der Waals surface area contributed by atoms with E-state index in [1.54, 1.807) is 7.11 Å². The second kappa shape index (κ2) is 6.18. The monoisotopic (exact) mass is 301 g/mol. The molecule has 1 aliphatic rings. The quantitative estimate of drug-likeness (QED) is 0.779. The molecule has 0 unspecified atom stereocenters. The Morgan fingerprint density at radius 1 is 1.24 bits per heavy atom. The number of methoxy groups -OCH3 is 1. The van der Waals surface area contributed by atoms with Crippen molar-refractivity contribution >= 4 is 5.70 Å². The normalized spacial score (nSPS) is 14.1. The van der Waals surface area contributed by atoms with Crippen molar-refractivity contribution in [3.05, 3.63) is 60.3 Å². The maximum atomic E-state index is 5.13. The number of hydrogen-bond donors (Lipinski definition) is 0. The van der Waals surface area contributed by atoms with Crippen LogP contribution in [0.1, 0.15) is 5.56 Å². The Balaban J connectivity index is 0.00000144. The molecule has 0 atom stereocenters. The van der Waals surface area contributed by atoms with E-state index >= 15 is 0 Å². The molecule has 1 aromatic carbocycles. The van der Waals surface area contributed by atoms with Crippen LogP contribution in [0.2, 0.25) is 0 Å². The topological polar surface area (TPSA) is 12.5 Å². The van der Waals surface area contributed by atoms with Gasteiger partial charge in [-0.1, -0.05) is 17.8 Å². The van der Waals surface area contributed by atoms with Crippen molar-refractivity contribution < 1.29 is 37.4 Å². The molecule has 2 rings (SSSR count). The number of benzene rings is 1. The van der Waals surface area contributed by atoms with E-state index in [0.717, 1.165) is 22.7 Å². The first kappa shape index (κ1) is 14.2. The number of allylic oxidation sites excluding steroid dienone is 3. The molecule has 0 saturated heterocycles. The molecule has 0 aromatic heterocycles. The Kier molecular flexibility index (Phi) is 5.16. The molecule has 1 radical (unpaired) electrons. The van der Waals surface area contributed by atoms with Crippen LogP contribution >= 0.6 is 0 Å². The van der Waals surface area contributed by atoms with Crippen LogP contribution in [-0.4, -0.2) is 19.1 Å². The van der Waals surface area contributed by atoms with Gasteiger partial charge >= 0.3 is 0 Å². The predicted octanol–water partition coefficient (Wildman–Crippen LogP) is 2.85. The van der Waals surface area contributed by atoms with Crippen molar-refractivity contribution in [2.75, 3.05) is 14.2 Å². The first-order chi connectivity index (χ1) is 7.72. The van der Waals surface area contributed by atoms with Crippen molar-refractivity contribution in [3.63, 3.8) is 0 Å². The van der Waals surface area contributed by atoms with Crippen molar-refractivity contribution in [2.24, 2.45) is 0 Å². The second-order valence-electron chi connectivity index (χ2n) is 3.61. The van der Waals surface area contributed by atoms with Crippen molar-refractivity contribution in [1.29, 1.82) is 0 Å². The molecule has 85 valence electrons. The molecule has 0 bridgehead atoms. The minimum Gasteiger partial charge on any atom is -0.497 e. The van der Waals surface area contributed by atoms with Crippen LogP contribution in [0, 0.1) is 6.08 Å². The molecule has 0 saturated carbocycles. The Morgan fingerprint density at radius 3 is 2.47 bits per heavy atom. The van der Waals surface area contributed by atoms with E-state index in [9.17, 15) is 0 Å². The Bertz CT molecular complexity index is 460. The Labute approximate surface area is 128 Å². The van der Waals surface area contributed by atoms with Crippen LogP contribution in [0.3, 0.4) is 0 Å². The minimum absolute atomic E-state index is 0. The van der Waals surface area contributed by atoms with Crippen LogP contribution in [0.15, 0.2) is 48.7 Å². The standard InChI is InChI=1S/C14H14NO.Y/c1-11-5-4-6-14(15(11)2)12-7-9-13(16-3)10-8-12;/h4-5,7-10H,1H2,2-3H3;/q-1;. The summed E-state index contributed by atoms with van der Waals surface area (Å²) in [6, 6.07) is 7.92. The fourth-order valence-electron chi connectivity index (χ4n) is 1.59. The molecule has 1 aromatic rings. The van der Waals surface area contributed by atoms with Gasteiger partial charge in [-0.15, -0.1) is 18.2 Å². The van der Waals surface area contributed by atoms with Gasteiger partial charge in [-0.05, 0) is 17.8 Å². The van der Waals surface area contributed by atoms with Crippen LogP contribution in [0.5, 0.6) is 5.75 Å². The van der Waals surface area contributed by atoms with Gasteiger partial charge in [0.2, 0.25) is 0 Å². The molecule has 17 heavy (non-hydrogen) atoms. The zero-order valence-electron chi connectivity index (χ0n) is 10.1. The maximum absolute atomic E-state index is 5.13. The van der Waals surface area contributed by atoms with Gasteiger partial charge in [-0.25, -0.2) is 0 Å². The molecule has 2 nitrogen and oxygen atoms in total. The third-order valence-electron chi connectivity index (χ3n) is 2.63. The van der Waals surface area contributed by atoms with Crippen LogP contribution in [0.4, 0.5) is 0 Å². The van der Waals surface area contributed by atoms with Crippen LogP contribution in [-0.2, 0) is 32.7 Å². The summed E-state index contributed by atoms with van der Waals surface area (Å²) in [6.45, 7) is 3.96. The SMILES string of the molecule is C=C1C=C[C-]=C(c2ccc(OC)cc2)N1C.[Y]. The Hall–Kier alpha value is -0.856. The van der Waals surface area contributed by atoms with E-state index in [-0.39, 0.29) is 32.7 Å². The minimum atomic E-state index is 0. The summed E-state index contributed by atoms with van der Waals surface area (Å²) < 4.78 is 5.13. The summed E-state index contributed by atoms with van der Waals surface area (Å²) in [6.07, 6.45) is 7.04. The molecular formula is C14H14NOY-. The molecule has 0 N–H and O–H groups in total. The summed E-state index contributed by atoms with van der Waals surface area (Å²) in [7, 11) is 3.65. The van der Waals surface area contributed by atoms with Gasteiger partial charge in [0.15, 0.2) is 0 Å². The first-order valence-electron chi connectivity index (χ1n) is 5.09. The fourth-order valence-corrected chi connectivity index (χ4v) is 1.59. The number of rotatable bonds is 2. The van der Waals surface area contributed by atoms with E-state index in [2.05, 4.69) is 12.7 Å². The number of likely N-dealkylation sites (N-methyl/N-ethyl adjacent to an activating group) is 1. The molecule has 0 amide bonds. The van der Waals surface area contributed by atoms with Gasteiger partial charge in [0.05, 0.1) is 7.11 Å². The molecular weight excluding hydrogens is 287 g/mol. The van der Waals surface area contributed by atoms with Crippen molar-refractivity contribution in [1.82, 2.24) is 4.90 Å². The summed E-state index contributed by atoms with van der Waals surface area (Å²) >= 11 is 0. The van der Waals surface area contributed by atoms with E-state index in [0.29, 0.717) is 0 Å². The molecule has 0 aliphatic carbocycles. The van der Waals surface area contributed by atoms with Gasteiger partial charge < -0.3 is 9.64 Å². The van der Waals surface area contributed by atoms with E-state index in [1.807, 2.05) is 48.4 Å². The van der Waals surface area contributed by atoms with Crippen molar-refractivity contribution in [3.8, 4) is 5.75 Å². The average molecular weight is 301 g/mol. The fraction of sp³-hybridized carbons (Fsp3) is 0.143. The zero-order chi connectivity index (χ0) is 11.5. The van der Waals surface area contributed by atoms with Crippen LogP contribution < -0.4 is 4.74 Å². The van der Waals surface area contributed by atoms with E-state index in [1.165, 1.54) is 0 Å². The maximum Gasteiger partial charge on any atom is 0.116 e. The summed E-state index contributed by atoms with van der Waals surface area (Å²) in [5.41, 5.74) is 3.09. The summed E-state index contributed by atoms with van der Waals surface area (Å²) in [5, 5.41) is 0. The smallest absolute Gasteiger partial charge is 0.116 e. The van der Waals surface area contributed by atoms with Gasteiger partial charge in [0.25, 0.3) is 0 Å². The summed E-state index contributed by atoms with van der Waals surface area (Å²) in [4.78, 5) is 2.02. The largest absolute Gasteiger partial charge is 0.497 e. The third kappa shape index (κ3) is 3.08. The van der Waals surface area contributed by atoms with E-state index < -0.39 is 0 Å². The second-order valence-corrected chi connectivity index (χ2v) is 3.61. The van der Waals surface area contributed by atoms with Gasteiger partial charge in [0.1, 0.15) is 5.75 Å². The zero-order valence-corrected chi connectivity index (χ0v) is 12.9. The number of nitrogens with zero attached hydrogens (tertiary/aromatic N) is 1. The van der Waals surface area contributed by atoms with E-state index in [4.69, 9.17) is 4.74 Å².